The number of hydrogen-bond donors (Lipinski definition) is 1. The summed E-state index contributed by atoms with van der Waals surface area (Å²) >= 11 is 0. The van der Waals surface area contributed by atoms with Crippen LogP contribution in [-0.2, 0) is 9.84 Å². The minimum Gasteiger partial charge on any atom is -0.316 e. The van der Waals surface area contributed by atoms with Gasteiger partial charge in [0.05, 0.1) is 11.5 Å². The van der Waals surface area contributed by atoms with Crippen LogP contribution in [0.1, 0.15) is 34.1 Å². The second-order valence-corrected chi connectivity index (χ2v) is 9.39. The Hall–Kier alpha value is -0.130. The minimum absolute atomic E-state index is 0.163. The van der Waals surface area contributed by atoms with Gasteiger partial charge in [0, 0.05) is 19.1 Å². The Morgan fingerprint density at radius 1 is 1.37 bits per heavy atom. The smallest absolute Gasteiger partial charge is 0.151 e. The van der Waals surface area contributed by atoms with Crippen molar-refractivity contribution in [3.8, 4) is 0 Å². The number of sulfone groups is 1. The van der Waals surface area contributed by atoms with E-state index in [1.165, 1.54) is 0 Å². The van der Waals surface area contributed by atoms with Crippen LogP contribution in [0.3, 0.4) is 0 Å². The summed E-state index contributed by atoms with van der Waals surface area (Å²) in [7, 11) is -0.730. The van der Waals surface area contributed by atoms with E-state index in [2.05, 4.69) is 45.0 Å². The van der Waals surface area contributed by atoms with E-state index in [1.54, 1.807) is 0 Å². The third-order valence-corrected chi connectivity index (χ3v) is 5.42. The first-order valence-electron chi connectivity index (χ1n) is 7.23. The van der Waals surface area contributed by atoms with Crippen molar-refractivity contribution in [2.45, 2.75) is 40.2 Å². The summed E-state index contributed by atoms with van der Waals surface area (Å²) in [5.74, 6) is 1.35. The zero-order chi connectivity index (χ0) is 14.7. The zero-order valence-electron chi connectivity index (χ0n) is 13.1. The summed E-state index contributed by atoms with van der Waals surface area (Å²) in [4.78, 5) is 2.22. The molecule has 5 heteroatoms. The maximum absolute atomic E-state index is 11.5. The highest BCUT2D eigenvalue weighted by Crippen LogP contribution is 2.21. The van der Waals surface area contributed by atoms with Gasteiger partial charge >= 0.3 is 0 Å². The zero-order valence-corrected chi connectivity index (χ0v) is 13.9. The molecule has 0 aliphatic carbocycles. The molecule has 1 fully saturated rings. The van der Waals surface area contributed by atoms with Crippen LogP contribution in [0, 0.1) is 11.3 Å². The van der Waals surface area contributed by atoms with Gasteiger partial charge in [0.2, 0.25) is 0 Å². The van der Waals surface area contributed by atoms with Crippen LogP contribution in [-0.4, -0.2) is 57.5 Å². The van der Waals surface area contributed by atoms with Crippen LogP contribution >= 0.6 is 0 Å². The summed E-state index contributed by atoms with van der Waals surface area (Å²) in [6, 6.07) is 0.203. The van der Waals surface area contributed by atoms with Gasteiger partial charge in [0.1, 0.15) is 0 Å². The van der Waals surface area contributed by atoms with Gasteiger partial charge < -0.3 is 10.2 Å². The first kappa shape index (κ1) is 16.9. The number of nitrogens with zero attached hydrogens (tertiary/aromatic N) is 1. The van der Waals surface area contributed by atoms with E-state index in [1.807, 2.05) is 0 Å². The summed E-state index contributed by atoms with van der Waals surface area (Å²) in [5, 5.41) is 3.49. The highest BCUT2D eigenvalue weighted by atomic mass is 32.2. The maximum atomic E-state index is 11.5. The summed E-state index contributed by atoms with van der Waals surface area (Å²) in [5.41, 5.74) is 0.163. The van der Waals surface area contributed by atoms with Crippen LogP contribution < -0.4 is 5.32 Å². The molecule has 1 aliphatic rings. The van der Waals surface area contributed by atoms with Crippen molar-refractivity contribution in [1.29, 1.82) is 0 Å². The lowest BCUT2D eigenvalue weighted by atomic mass is 9.92. The first-order valence-corrected chi connectivity index (χ1v) is 9.05. The van der Waals surface area contributed by atoms with Crippen molar-refractivity contribution in [2.24, 2.45) is 11.3 Å². The molecular weight excluding hydrogens is 260 g/mol. The first-order chi connectivity index (χ1) is 8.61. The molecule has 1 unspecified atom stereocenters. The largest absolute Gasteiger partial charge is 0.316 e. The monoisotopic (exact) mass is 290 g/mol. The van der Waals surface area contributed by atoms with E-state index in [4.69, 9.17) is 0 Å². The molecule has 1 aliphatic heterocycles. The van der Waals surface area contributed by atoms with Gasteiger partial charge in [-0.2, -0.15) is 0 Å². The molecule has 0 amide bonds. The van der Waals surface area contributed by atoms with Crippen molar-refractivity contribution in [2.75, 3.05) is 38.2 Å². The highest BCUT2D eigenvalue weighted by Gasteiger charge is 2.32. The molecule has 1 saturated heterocycles. The third-order valence-electron chi connectivity index (χ3n) is 3.67. The molecule has 0 spiro atoms. The average molecular weight is 290 g/mol. The molecule has 0 radical (unpaired) electrons. The number of hydrogen-bond acceptors (Lipinski definition) is 4. The molecular formula is C14H30N2O2S. The molecule has 19 heavy (non-hydrogen) atoms. The van der Waals surface area contributed by atoms with Crippen LogP contribution in [0.4, 0.5) is 0 Å². The minimum atomic E-state index is -2.78. The van der Waals surface area contributed by atoms with E-state index in [0.717, 1.165) is 26.1 Å². The Balaban J connectivity index is 2.40. The second-order valence-electron chi connectivity index (χ2n) is 7.16. The van der Waals surface area contributed by atoms with E-state index >= 15 is 0 Å². The van der Waals surface area contributed by atoms with Gasteiger partial charge in [-0.1, -0.05) is 27.7 Å². The van der Waals surface area contributed by atoms with Gasteiger partial charge in [0.25, 0.3) is 0 Å². The Morgan fingerprint density at radius 3 is 2.47 bits per heavy atom. The molecule has 4 nitrogen and oxygen atoms in total. The predicted molar refractivity (Wildman–Crippen MR) is 81.2 cm³/mol. The average Bonchev–Trinajstić information content (AvgIpc) is 2.57. The molecule has 114 valence electrons. The van der Waals surface area contributed by atoms with Gasteiger partial charge in [-0.15, -0.1) is 0 Å². The van der Waals surface area contributed by atoms with Crippen molar-refractivity contribution in [3.63, 3.8) is 0 Å². The van der Waals surface area contributed by atoms with Crippen LogP contribution in [0.2, 0.25) is 0 Å². The highest BCUT2D eigenvalue weighted by molar-refractivity contribution is 7.91. The van der Waals surface area contributed by atoms with Crippen molar-refractivity contribution >= 4 is 9.84 Å². The summed E-state index contributed by atoms with van der Waals surface area (Å²) in [6.45, 7) is 11.8. The van der Waals surface area contributed by atoms with Crippen molar-refractivity contribution in [3.05, 3.63) is 0 Å². The topological polar surface area (TPSA) is 49.4 Å². The molecule has 0 bridgehead atoms. The third kappa shape index (κ3) is 6.23. The molecule has 0 saturated carbocycles. The van der Waals surface area contributed by atoms with Crippen LogP contribution in [0.25, 0.3) is 0 Å². The van der Waals surface area contributed by atoms with Crippen LogP contribution in [0.15, 0.2) is 0 Å². The number of rotatable bonds is 7. The molecule has 0 aromatic heterocycles. The van der Waals surface area contributed by atoms with E-state index in [0.29, 0.717) is 17.4 Å². The molecule has 0 aromatic rings. The molecule has 1 heterocycles. The summed E-state index contributed by atoms with van der Waals surface area (Å²) < 4.78 is 23.0. The van der Waals surface area contributed by atoms with E-state index < -0.39 is 9.84 Å². The van der Waals surface area contributed by atoms with Gasteiger partial charge in [-0.3, -0.25) is 0 Å². The van der Waals surface area contributed by atoms with E-state index in [9.17, 15) is 8.42 Å². The predicted octanol–water partition coefficient (Wildman–Crippen LogP) is 1.38. The molecule has 1 N–H and O–H groups in total. The fraction of sp³-hybridized carbons (Fsp3) is 1.00. The fourth-order valence-electron chi connectivity index (χ4n) is 2.68. The fourth-order valence-corrected chi connectivity index (χ4v) is 4.49. The lowest BCUT2D eigenvalue weighted by Gasteiger charge is -2.33. The quantitative estimate of drug-likeness (QED) is 0.769. The molecule has 1 rings (SSSR count). The summed E-state index contributed by atoms with van der Waals surface area (Å²) in [6.07, 6.45) is 0.786. The Labute approximate surface area is 118 Å². The van der Waals surface area contributed by atoms with E-state index in [-0.39, 0.29) is 11.5 Å². The normalized spacial score (nSPS) is 23.4. The van der Waals surface area contributed by atoms with Crippen molar-refractivity contribution in [1.82, 2.24) is 10.2 Å². The Morgan fingerprint density at radius 2 is 2.00 bits per heavy atom. The molecule has 0 aromatic carbocycles. The lowest BCUT2D eigenvalue weighted by Crippen LogP contribution is -2.44. The van der Waals surface area contributed by atoms with Crippen molar-refractivity contribution < 1.29 is 8.42 Å². The maximum Gasteiger partial charge on any atom is 0.151 e. The lowest BCUT2D eigenvalue weighted by molar-refractivity contribution is 0.167. The number of nitrogens with one attached hydrogen (secondary N) is 1. The SMILES string of the molecule is CC(C)CNCC(C)(C)CN(C)C1CCS(=O)(=O)C1. The standard InChI is InChI=1S/C14H30N2O2S/c1-12(2)8-15-10-14(3,4)11-16(5)13-6-7-19(17,18)9-13/h12-13,15H,6-11H2,1-5H3. The molecule has 1 atom stereocenters. The van der Waals surface area contributed by atoms with Crippen LogP contribution in [0.5, 0.6) is 0 Å². The second kappa shape index (κ2) is 6.55. The Bertz CT molecular complexity index is 377. The van der Waals surface area contributed by atoms with Gasteiger partial charge in [0.15, 0.2) is 9.84 Å². The van der Waals surface area contributed by atoms with Gasteiger partial charge in [-0.05, 0) is 31.3 Å². The van der Waals surface area contributed by atoms with Gasteiger partial charge in [-0.25, -0.2) is 8.42 Å². The Kier molecular flexibility index (Phi) is 5.83.